The molecule has 1 saturated carbocycles. The molecule has 0 unspecified atom stereocenters. The molecule has 1 aliphatic heterocycles. The Kier molecular flexibility index (Phi) is 7.10. The largest absolute Gasteiger partial charge is 0.497 e. The molecule has 7 heteroatoms. The SMILES string of the molecule is COc1ccc(NC(=O)CN2CC[C@]3(O)CCCC[C@H]3[C@H]2c2cc(OC)ccc2OC)cc1. The normalized spacial score (nSPS) is 25.1. The number of likely N-dealkylation sites (tertiary alicyclic amines) is 1. The van der Waals surface area contributed by atoms with Gasteiger partial charge in [0.2, 0.25) is 5.91 Å². The van der Waals surface area contributed by atoms with Crippen molar-refractivity contribution in [3.8, 4) is 17.2 Å². The molecular formula is C26H34N2O5. The maximum absolute atomic E-state index is 13.0. The standard InChI is InChI=1S/C26H34N2O5/c1-31-19-9-7-18(8-10-19)27-24(29)17-28-15-14-26(30)13-5-4-6-22(26)25(28)21-16-20(32-2)11-12-23(21)33-3/h7-12,16,22,25,30H,4-6,13-15,17H2,1-3H3,(H,27,29)/t22-,25+,26+/m0/s1. The summed E-state index contributed by atoms with van der Waals surface area (Å²) in [5.41, 5.74) is 0.960. The molecule has 4 rings (SSSR count). The lowest BCUT2D eigenvalue weighted by Crippen LogP contribution is -2.56. The third-order valence-electron chi connectivity index (χ3n) is 7.15. The van der Waals surface area contributed by atoms with Crippen LogP contribution in [-0.4, -0.2) is 55.9 Å². The smallest absolute Gasteiger partial charge is 0.238 e. The zero-order chi connectivity index (χ0) is 23.4. The average Bonchev–Trinajstić information content (AvgIpc) is 2.84. The Morgan fingerprint density at radius 3 is 2.45 bits per heavy atom. The van der Waals surface area contributed by atoms with Crippen LogP contribution in [0.2, 0.25) is 0 Å². The minimum atomic E-state index is -0.722. The molecule has 1 heterocycles. The van der Waals surface area contributed by atoms with Crippen molar-refractivity contribution in [1.29, 1.82) is 0 Å². The fraction of sp³-hybridized carbons (Fsp3) is 0.500. The van der Waals surface area contributed by atoms with Gasteiger partial charge in [0.25, 0.3) is 0 Å². The number of hydrogen-bond acceptors (Lipinski definition) is 6. The summed E-state index contributed by atoms with van der Waals surface area (Å²) in [5, 5.41) is 14.5. The van der Waals surface area contributed by atoms with Crippen LogP contribution in [0, 0.1) is 5.92 Å². The van der Waals surface area contributed by atoms with Crippen LogP contribution in [0.3, 0.4) is 0 Å². The predicted molar refractivity (Wildman–Crippen MR) is 127 cm³/mol. The van der Waals surface area contributed by atoms with E-state index in [0.29, 0.717) is 13.0 Å². The molecule has 0 bridgehead atoms. The highest BCUT2D eigenvalue weighted by Crippen LogP contribution is 2.51. The maximum Gasteiger partial charge on any atom is 0.238 e. The maximum atomic E-state index is 13.0. The van der Waals surface area contributed by atoms with Crippen LogP contribution in [0.25, 0.3) is 0 Å². The summed E-state index contributed by atoms with van der Waals surface area (Å²) in [5.74, 6) is 2.16. The number of nitrogens with one attached hydrogen (secondary N) is 1. The third kappa shape index (κ3) is 4.94. The summed E-state index contributed by atoms with van der Waals surface area (Å²) in [6.07, 6.45) is 4.48. The number of piperidine rings is 1. The van der Waals surface area contributed by atoms with Crippen molar-refractivity contribution >= 4 is 11.6 Å². The summed E-state index contributed by atoms with van der Waals surface area (Å²) in [4.78, 5) is 15.2. The van der Waals surface area contributed by atoms with E-state index in [1.807, 2.05) is 42.5 Å². The molecule has 2 N–H and O–H groups in total. The fourth-order valence-electron chi connectivity index (χ4n) is 5.46. The van der Waals surface area contributed by atoms with Crippen LogP contribution in [0.15, 0.2) is 42.5 Å². The molecule has 0 spiro atoms. The number of nitrogens with zero attached hydrogens (tertiary/aromatic N) is 1. The lowest BCUT2D eigenvalue weighted by Gasteiger charge is -2.52. The number of carbonyl (C=O) groups is 1. The molecular weight excluding hydrogens is 420 g/mol. The van der Waals surface area contributed by atoms with Crippen molar-refractivity contribution in [2.24, 2.45) is 5.92 Å². The highest BCUT2D eigenvalue weighted by atomic mass is 16.5. The van der Waals surface area contributed by atoms with Gasteiger partial charge in [0.15, 0.2) is 0 Å². The Balaban J connectivity index is 1.62. The monoisotopic (exact) mass is 454 g/mol. The Hall–Kier alpha value is -2.77. The molecule has 33 heavy (non-hydrogen) atoms. The average molecular weight is 455 g/mol. The molecule has 1 saturated heterocycles. The number of aliphatic hydroxyl groups is 1. The second-order valence-corrected chi connectivity index (χ2v) is 9.01. The van der Waals surface area contributed by atoms with Gasteiger partial charge in [-0.1, -0.05) is 12.8 Å². The molecule has 0 radical (unpaired) electrons. The Labute approximate surface area is 195 Å². The van der Waals surface area contributed by atoms with Crippen LogP contribution in [-0.2, 0) is 4.79 Å². The van der Waals surface area contributed by atoms with Crippen molar-refractivity contribution < 1.29 is 24.1 Å². The quantitative estimate of drug-likeness (QED) is 0.658. The van der Waals surface area contributed by atoms with Gasteiger partial charge in [-0.15, -0.1) is 0 Å². The van der Waals surface area contributed by atoms with Crippen LogP contribution in [0.5, 0.6) is 17.2 Å². The van der Waals surface area contributed by atoms with Crippen molar-refractivity contribution in [3.63, 3.8) is 0 Å². The minimum Gasteiger partial charge on any atom is -0.497 e. The number of ether oxygens (including phenoxy) is 3. The number of methoxy groups -OCH3 is 3. The van der Waals surface area contributed by atoms with E-state index in [2.05, 4.69) is 10.2 Å². The van der Waals surface area contributed by atoms with Crippen LogP contribution in [0.1, 0.15) is 43.7 Å². The second-order valence-electron chi connectivity index (χ2n) is 9.01. The molecule has 0 aromatic heterocycles. The molecule has 2 aromatic carbocycles. The molecule has 3 atom stereocenters. The predicted octanol–water partition coefficient (Wildman–Crippen LogP) is 4.02. The molecule has 7 nitrogen and oxygen atoms in total. The minimum absolute atomic E-state index is 0.0230. The number of amides is 1. The first-order chi connectivity index (χ1) is 16.0. The topological polar surface area (TPSA) is 80.3 Å². The van der Waals surface area contributed by atoms with Gasteiger partial charge in [-0.2, -0.15) is 0 Å². The van der Waals surface area contributed by atoms with E-state index in [0.717, 1.165) is 54.2 Å². The summed E-state index contributed by atoms with van der Waals surface area (Å²) >= 11 is 0. The lowest BCUT2D eigenvalue weighted by atomic mass is 9.66. The van der Waals surface area contributed by atoms with Crippen molar-refractivity contribution in [3.05, 3.63) is 48.0 Å². The molecule has 2 fully saturated rings. The number of benzene rings is 2. The Morgan fingerprint density at radius 1 is 1.03 bits per heavy atom. The number of carbonyl (C=O) groups excluding carboxylic acids is 1. The van der Waals surface area contributed by atoms with E-state index in [9.17, 15) is 9.90 Å². The zero-order valence-electron chi connectivity index (χ0n) is 19.7. The molecule has 1 aliphatic carbocycles. The van der Waals surface area contributed by atoms with E-state index in [1.165, 1.54) is 0 Å². The van der Waals surface area contributed by atoms with Gasteiger partial charge in [0, 0.05) is 29.8 Å². The zero-order valence-corrected chi connectivity index (χ0v) is 19.7. The van der Waals surface area contributed by atoms with E-state index >= 15 is 0 Å². The van der Waals surface area contributed by atoms with Crippen LogP contribution in [0.4, 0.5) is 5.69 Å². The first kappa shape index (κ1) is 23.4. The van der Waals surface area contributed by atoms with Gasteiger partial charge in [-0.25, -0.2) is 0 Å². The molecule has 2 aliphatic rings. The van der Waals surface area contributed by atoms with E-state index in [-0.39, 0.29) is 24.4 Å². The highest BCUT2D eigenvalue weighted by molar-refractivity contribution is 5.92. The summed E-state index contributed by atoms with van der Waals surface area (Å²) < 4.78 is 16.4. The molecule has 2 aromatic rings. The van der Waals surface area contributed by atoms with Gasteiger partial charge in [-0.05, 0) is 61.7 Å². The van der Waals surface area contributed by atoms with Crippen molar-refractivity contribution in [2.75, 3.05) is 39.7 Å². The van der Waals surface area contributed by atoms with Crippen LogP contribution >= 0.6 is 0 Å². The molecule has 178 valence electrons. The van der Waals surface area contributed by atoms with Crippen LogP contribution < -0.4 is 19.5 Å². The summed E-state index contributed by atoms with van der Waals surface area (Å²) in [7, 11) is 4.91. The molecule has 1 amide bonds. The number of rotatable bonds is 7. The van der Waals surface area contributed by atoms with Gasteiger partial charge >= 0.3 is 0 Å². The van der Waals surface area contributed by atoms with Gasteiger partial charge in [0.05, 0.1) is 33.5 Å². The highest BCUT2D eigenvalue weighted by Gasteiger charge is 2.50. The number of hydrogen-bond donors (Lipinski definition) is 2. The number of anilines is 1. The Morgan fingerprint density at radius 2 is 1.76 bits per heavy atom. The summed E-state index contributed by atoms with van der Waals surface area (Å²) in [6, 6.07) is 12.9. The first-order valence-electron chi connectivity index (χ1n) is 11.6. The van der Waals surface area contributed by atoms with E-state index in [4.69, 9.17) is 14.2 Å². The fourth-order valence-corrected chi connectivity index (χ4v) is 5.46. The lowest BCUT2D eigenvalue weighted by molar-refractivity contribution is -0.135. The summed E-state index contributed by atoms with van der Waals surface area (Å²) in [6.45, 7) is 0.859. The third-order valence-corrected chi connectivity index (χ3v) is 7.15. The van der Waals surface area contributed by atoms with Gasteiger partial charge in [-0.3, -0.25) is 9.69 Å². The second kappa shape index (κ2) is 10.0. The van der Waals surface area contributed by atoms with E-state index in [1.54, 1.807) is 21.3 Å². The van der Waals surface area contributed by atoms with Crippen molar-refractivity contribution in [2.45, 2.75) is 43.7 Å². The number of fused-ring (bicyclic) bond motifs is 1. The van der Waals surface area contributed by atoms with Crippen molar-refractivity contribution in [1.82, 2.24) is 4.90 Å². The first-order valence-corrected chi connectivity index (χ1v) is 11.6. The van der Waals surface area contributed by atoms with Gasteiger partial charge < -0.3 is 24.6 Å². The van der Waals surface area contributed by atoms with E-state index < -0.39 is 5.60 Å². The Bertz CT molecular complexity index is 964. The van der Waals surface area contributed by atoms with Gasteiger partial charge in [0.1, 0.15) is 17.2 Å².